The number of aryl methyl sites for hydroxylation is 1. The van der Waals surface area contributed by atoms with Gasteiger partial charge in [0.15, 0.2) is 0 Å². The highest BCUT2D eigenvalue weighted by atomic mass is 32.2. The van der Waals surface area contributed by atoms with E-state index >= 15 is 0 Å². The van der Waals surface area contributed by atoms with Crippen molar-refractivity contribution in [3.05, 3.63) is 59.8 Å². The molecule has 0 amide bonds. The summed E-state index contributed by atoms with van der Waals surface area (Å²) in [7, 11) is -3.27. The van der Waals surface area contributed by atoms with Crippen molar-refractivity contribution in [3.63, 3.8) is 0 Å². The van der Waals surface area contributed by atoms with Crippen LogP contribution in [-0.2, 0) is 14.8 Å². The van der Waals surface area contributed by atoms with Gasteiger partial charge in [0.1, 0.15) is 5.82 Å². The van der Waals surface area contributed by atoms with Crippen molar-refractivity contribution >= 4 is 15.8 Å². The summed E-state index contributed by atoms with van der Waals surface area (Å²) in [6.45, 7) is 4.08. The first-order valence-corrected chi connectivity index (χ1v) is 13.6. The van der Waals surface area contributed by atoms with Gasteiger partial charge in [-0.3, -0.25) is 0 Å². The second-order valence-corrected chi connectivity index (χ2v) is 11.1. The molecule has 1 unspecified atom stereocenters. The molecule has 174 valence electrons. The Hall–Kier alpha value is -1.96. The monoisotopic (exact) mass is 457 g/mol. The largest absolute Gasteiger partial charge is 0.378 e. The van der Waals surface area contributed by atoms with Gasteiger partial charge in [0.2, 0.25) is 10.0 Å². The lowest BCUT2D eigenvalue weighted by molar-refractivity contribution is -0.00213. The number of anilines is 1. The number of piperidine rings is 1. The molecule has 4 rings (SSSR count). The van der Waals surface area contributed by atoms with Gasteiger partial charge in [-0.05, 0) is 62.6 Å². The van der Waals surface area contributed by atoms with Crippen molar-refractivity contribution in [3.8, 4) is 0 Å². The Morgan fingerprint density at radius 1 is 1.03 bits per heavy atom. The van der Waals surface area contributed by atoms with E-state index in [1.165, 1.54) is 11.8 Å². The summed E-state index contributed by atoms with van der Waals surface area (Å²) in [6.07, 6.45) is 6.63. The predicted octanol–water partition coefficient (Wildman–Crippen LogP) is 3.88. The maximum atomic E-state index is 11.9. The third-order valence-electron chi connectivity index (χ3n) is 6.79. The van der Waals surface area contributed by atoms with Gasteiger partial charge >= 0.3 is 0 Å². The van der Waals surface area contributed by atoms with Crippen molar-refractivity contribution in [2.75, 3.05) is 30.9 Å². The molecule has 2 aliphatic rings. The highest BCUT2D eigenvalue weighted by Crippen LogP contribution is 2.34. The molecule has 1 aliphatic heterocycles. The van der Waals surface area contributed by atoms with Gasteiger partial charge < -0.3 is 9.64 Å². The van der Waals surface area contributed by atoms with E-state index in [9.17, 15) is 8.42 Å². The normalized spacial score (nSPS) is 26.8. The van der Waals surface area contributed by atoms with E-state index in [2.05, 4.69) is 44.9 Å². The zero-order valence-electron chi connectivity index (χ0n) is 19.1. The number of benzene rings is 1. The smallest absolute Gasteiger partial charge is 0.208 e. The quantitative estimate of drug-likeness (QED) is 0.683. The summed E-state index contributed by atoms with van der Waals surface area (Å²) < 4.78 is 33.1. The van der Waals surface area contributed by atoms with Gasteiger partial charge in [0, 0.05) is 30.7 Å². The number of nitrogens with zero attached hydrogens (tertiary/aromatic N) is 2. The summed E-state index contributed by atoms with van der Waals surface area (Å²) in [4.78, 5) is 6.92. The number of hydrogen-bond donors (Lipinski definition) is 1. The van der Waals surface area contributed by atoms with Crippen molar-refractivity contribution < 1.29 is 13.2 Å². The standard InChI is InChI=1S/C25H35N3O3S/c1-19-7-6-10-25(26-19)28-16-15-24(27-32(2,29)30)22(17-28)18-31-23-13-11-21(12-14-23)20-8-4-3-5-9-20/h3-10,21-24,27H,11-18H2,1-2H3/t21?,22?,23?,24-/m0/s1. The number of nitrogens with one attached hydrogen (secondary N) is 1. The molecule has 1 aromatic carbocycles. The Morgan fingerprint density at radius 2 is 1.78 bits per heavy atom. The fraction of sp³-hybridized carbons (Fsp3) is 0.560. The molecule has 1 N–H and O–H groups in total. The molecule has 1 aliphatic carbocycles. The molecule has 1 saturated heterocycles. The van der Waals surface area contributed by atoms with Gasteiger partial charge in [-0.1, -0.05) is 36.4 Å². The first-order chi connectivity index (χ1) is 15.4. The highest BCUT2D eigenvalue weighted by molar-refractivity contribution is 7.88. The lowest BCUT2D eigenvalue weighted by Crippen LogP contribution is -2.52. The molecule has 2 fully saturated rings. The summed E-state index contributed by atoms with van der Waals surface area (Å²) >= 11 is 0. The van der Waals surface area contributed by atoms with Crippen LogP contribution in [-0.4, -0.2) is 51.5 Å². The third kappa shape index (κ3) is 6.30. The minimum absolute atomic E-state index is 0.0904. The Kier molecular flexibility index (Phi) is 7.48. The topological polar surface area (TPSA) is 71.5 Å². The van der Waals surface area contributed by atoms with Crippen molar-refractivity contribution in [2.24, 2.45) is 5.92 Å². The van der Waals surface area contributed by atoms with E-state index in [1.807, 2.05) is 25.1 Å². The summed E-state index contributed by atoms with van der Waals surface area (Å²) in [6, 6.07) is 16.7. The number of hydrogen-bond acceptors (Lipinski definition) is 5. The highest BCUT2D eigenvalue weighted by Gasteiger charge is 2.33. The molecule has 6 nitrogen and oxygen atoms in total. The van der Waals surface area contributed by atoms with Crippen LogP contribution in [0.25, 0.3) is 0 Å². The lowest BCUT2D eigenvalue weighted by atomic mass is 9.82. The SMILES string of the molecule is Cc1cccc(N2CC[C@H](NS(C)(=O)=O)C(COC3CCC(c4ccccc4)CC3)C2)n1. The maximum absolute atomic E-state index is 11.9. The number of rotatable bonds is 7. The molecular weight excluding hydrogens is 422 g/mol. The van der Waals surface area contributed by atoms with Crippen LogP contribution in [0.4, 0.5) is 5.82 Å². The Labute approximate surface area is 192 Å². The fourth-order valence-electron chi connectivity index (χ4n) is 5.09. The van der Waals surface area contributed by atoms with Crippen LogP contribution in [0.1, 0.15) is 49.3 Å². The Balaban J connectivity index is 1.36. The molecule has 2 aromatic rings. The summed E-state index contributed by atoms with van der Waals surface area (Å²) in [5.74, 6) is 1.66. The average Bonchev–Trinajstić information content (AvgIpc) is 2.78. The lowest BCUT2D eigenvalue weighted by Gasteiger charge is -2.40. The number of ether oxygens (including phenoxy) is 1. The Morgan fingerprint density at radius 3 is 2.47 bits per heavy atom. The zero-order valence-corrected chi connectivity index (χ0v) is 19.9. The average molecular weight is 458 g/mol. The number of pyridine rings is 1. The molecule has 2 atom stereocenters. The van der Waals surface area contributed by atoms with Gasteiger partial charge in [0.05, 0.1) is 19.0 Å². The molecular formula is C25H35N3O3S. The maximum Gasteiger partial charge on any atom is 0.208 e. The molecule has 7 heteroatoms. The Bertz CT molecular complexity index is 975. The molecule has 2 heterocycles. The van der Waals surface area contributed by atoms with Crippen LogP contribution < -0.4 is 9.62 Å². The molecule has 0 bridgehead atoms. The van der Waals surface area contributed by atoms with Gasteiger partial charge in [-0.15, -0.1) is 0 Å². The number of aromatic nitrogens is 1. The van der Waals surface area contributed by atoms with Crippen LogP contribution in [0.2, 0.25) is 0 Å². The summed E-state index contributed by atoms with van der Waals surface area (Å²) in [5, 5.41) is 0. The van der Waals surface area contributed by atoms with Gasteiger partial charge in [0.25, 0.3) is 0 Å². The minimum Gasteiger partial charge on any atom is -0.378 e. The first-order valence-electron chi connectivity index (χ1n) is 11.7. The second-order valence-electron chi connectivity index (χ2n) is 9.35. The zero-order chi connectivity index (χ0) is 22.6. The van der Waals surface area contributed by atoms with E-state index in [-0.39, 0.29) is 18.1 Å². The van der Waals surface area contributed by atoms with Crippen molar-refractivity contribution in [2.45, 2.75) is 57.1 Å². The molecule has 0 radical (unpaired) electrons. The van der Waals surface area contributed by atoms with Gasteiger partial charge in [-0.25, -0.2) is 18.1 Å². The molecule has 0 spiro atoms. The third-order valence-corrected chi connectivity index (χ3v) is 7.52. The van der Waals surface area contributed by atoms with Crippen LogP contribution in [0.15, 0.2) is 48.5 Å². The number of sulfonamides is 1. The summed E-state index contributed by atoms with van der Waals surface area (Å²) in [5.41, 5.74) is 2.42. The molecule has 1 aromatic heterocycles. The van der Waals surface area contributed by atoms with Crippen LogP contribution >= 0.6 is 0 Å². The molecule has 32 heavy (non-hydrogen) atoms. The fourth-order valence-corrected chi connectivity index (χ4v) is 5.95. The van der Waals surface area contributed by atoms with E-state index < -0.39 is 10.0 Å². The van der Waals surface area contributed by atoms with Crippen molar-refractivity contribution in [1.82, 2.24) is 9.71 Å². The second kappa shape index (κ2) is 10.3. The van der Waals surface area contributed by atoms with Crippen molar-refractivity contribution in [1.29, 1.82) is 0 Å². The van der Waals surface area contributed by atoms with Crippen LogP contribution in [0.3, 0.4) is 0 Å². The van der Waals surface area contributed by atoms with E-state index in [4.69, 9.17) is 4.74 Å². The van der Waals surface area contributed by atoms with E-state index in [0.29, 0.717) is 12.5 Å². The van der Waals surface area contributed by atoms with E-state index in [0.717, 1.165) is 56.7 Å². The first kappa shape index (κ1) is 23.2. The van der Waals surface area contributed by atoms with Crippen LogP contribution in [0.5, 0.6) is 0 Å². The van der Waals surface area contributed by atoms with E-state index in [1.54, 1.807) is 0 Å². The molecule has 1 saturated carbocycles. The van der Waals surface area contributed by atoms with Gasteiger partial charge in [-0.2, -0.15) is 0 Å². The predicted molar refractivity (Wildman–Crippen MR) is 128 cm³/mol. The minimum atomic E-state index is -3.27. The van der Waals surface area contributed by atoms with Crippen LogP contribution in [0, 0.1) is 12.8 Å².